The van der Waals surface area contributed by atoms with Crippen LogP contribution in [0.25, 0.3) is 11.0 Å². The molecule has 1 heterocycles. The minimum atomic E-state index is -3.00. The first kappa shape index (κ1) is 22.8. The molecule has 8 heteroatoms. The summed E-state index contributed by atoms with van der Waals surface area (Å²) in [6.07, 6.45) is 0.662. The topological polar surface area (TPSA) is 57.9 Å². The number of carbonyl (C=O) groups is 1. The van der Waals surface area contributed by atoms with Gasteiger partial charge < -0.3 is 23.4 Å². The maximum absolute atomic E-state index is 12.8. The van der Waals surface area contributed by atoms with Gasteiger partial charge in [0.05, 0.1) is 5.39 Å². The fourth-order valence-corrected chi connectivity index (χ4v) is 3.45. The van der Waals surface area contributed by atoms with E-state index in [9.17, 15) is 13.6 Å². The van der Waals surface area contributed by atoms with Crippen LogP contribution in [0.15, 0.2) is 77.2 Å². The second kappa shape index (κ2) is 10.5. The van der Waals surface area contributed by atoms with E-state index in [-0.39, 0.29) is 17.9 Å². The summed E-state index contributed by atoms with van der Waals surface area (Å²) in [5.74, 6) is 1.19. The number of hydrogen-bond acceptors (Lipinski definition) is 5. The Morgan fingerprint density at radius 2 is 1.64 bits per heavy atom. The second-order valence-electron chi connectivity index (χ2n) is 7.11. The summed E-state index contributed by atoms with van der Waals surface area (Å²) in [4.78, 5) is 10.4. The van der Waals surface area contributed by atoms with E-state index < -0.39 is 11.4 Å². The van der Waals surface area contributed by atoms with Crippen LogP contribution in [0, 0.1) is 0 Å². The van der Waals surface area contributed by atoms with Gasteiger partial charge in [0, 0.05) is 12.1 Å². The van der Waals surface area contributed by atoms with Crippen molar-refractivity contribution in [2.75, 3.05) is 0 Å². The molecule has 4 aromatic rings. The fourth-order valence-electron chi connectivity index (χ4n) is 3.22. The summed E-state index contributed by atoms with van der Waals surface area (Å²) in [5, 5.41) is 0.536. The monoisotopic (exact) mass is 516 g/mol. The molecule has 33 heavy (non-hydrogen) atoms. The van der Waals surface area contributed by atoms with E-state index >= 15 is 0 Å². The van der Waals surface area contributed by atoms with E-state index in [4.69, 9.17) is 13.9 Å². The van der Waals surface area contributed by atoms with E-state index in [1.54, 1.807) is 6.07 Å². The number of aldehydes is 1. The van der Waals surface area contributed by atoms with Gasteiger partial charge in [0.15, 0.2) is 0 Å². The van der Waals surface area contributed by atoms with Crippen molar-refractivity contribution in [3.05, 3.63) is 89.7 Å². The summed E-state index contributed by atoms with van der Waals surface area (Å²) < 4.78 is 47.5. The highest BCUT2D eigenvalue weighted by Gasteiger charge is 2.18. The van der Waals surface area contributed by atoms with Crippen LogP contribution in [0.5, 0.6) is 17.2 Å². The van der Waals surface area contributed by atoms with Crippen LogP contribution in [0.2, 0.25) is 0 Å². The van der Waals surface area contributed by atoms with Crippen LogP contribution >= 0.6 is 15.9 Å². The zero-order chi connectivity index (χ0) is 23.2. The minimum Gasteiger partial charge on any atom is -0.489 e. The van der Waals surface area contributed by atoms with Crippen LogP contribution < -0.4 is 14.2 Å². The Morgan fingerprint density at radius 1 is 0.879 bits per heavy atom. The first-order chi connectivity index (χ1) is 16.0. The molecule has 5 nitrogen and oxygen atoms in total. The summed E-state index contributed by atoms with van der Waals surface area (Å²) in [6, 6.07) is 21.5. The minimum absolute atomic E-state index is 0.106. The van der Waals surface area contributed by atoms with Gasteiger partial charge in [-0.1, -0.05) is 58.4 Å². The molecule has 0 bridgehead atoms. The van der Waals surface area contributed by atoms with Gasteiger partial charge in [0.2, 0.25) is 0 Å². The summed E-state index contributed by atoms with van der Waals surface area (Å²) in [7, 11) is 0. The number of hydrogen-bond donors (Lipinski definition) is 0. The van der Waals surface area contributed by atoms with E-state index in [0.29, 0.717) is 35.5 Å². The van der Waals surface area contributed by atoms with Gasteiger partial charge in [-0.05, 0) is 29.3 Å². The van der Waals surface area contributed by atoms with Crippen molar-refractivity contribution < 1.29 is 32.2 Å². The molecule has 1 unspecified atom stereocenters. The summed E-state index contributed by atoms with van der Waals surface area (Å²) in [5.41, 5.74) is 2.14. The molecule has 0 spiro atoms. The molecule has 1 aromatic heterocycles. The molecule has 0 saturated carbocycles. The Hall–Kier alpha value is -3.39. The third-order valence-corrected chi connectivity index (χ3v) is 5.42. The Morgan fingerprint density at radius 3 is 2.39 bits per heavy atom. The molecule has 4 rings (SSSR count). The standard InChI is InChI=1S/C25H19BrF2O5/c26-21(13-29)24-12-20-22(10-19(32-25(27)28)11-23(20)33-24)31-15-17-7-4-8-18(9-17)30-14-16-5-2-1-3-6-16/h1-13,21,25H,14-15H2. The van der Waals surface area contributed by atoms with Crippen molar-refractivity contribution in [1.82, 2.24) is 0 Å². The molecule has 0 aliphatic rings. The number of halogens is 3. The van der Waals surface area contributed by atoms with E-state index in [1.807, 2.05) is 54.6 Å². The Labute approximate surface area is 197 Å². The number of furan rings is 1. The van der Waals surface area contributed by atoms with Gasteiger partial charge >= 0.3 is 6.61 Å². The van der Waals surface area contributed by atoms with Gasteiger partial charge in [-0.3, -0.25) is 0 Å². The molecule has 0 amide bonds. The Balaban J connectivity index is 1.53. The van der Waals surface area contributed by atoms with Gasteiger partial charge in [-0.25, -0.2) is 0 Å². The normalized spacial score (nSPS) is 12.0. The Bertz CT molecular complexity index is 1230. The first-order valence-corrected chi connectivity index (χ1v) is 10.9. The quantitative estimate of drug-likeness (QED) is 0.171. The average Bonchev–Trinajstić information content (AvgIpc) is 3.25. The van der Waals surface area contributed by atoms with Gasteiger partial charge in [-0.15, -0.1) is 0 Å². The lowest BCUT2D eigenvalue weighted by Gasteiger charge is -2.11. The molecule has 3 aromatic carbocycles. The molecule has 0 N–H and O–H groups in total. The van der Waals surface area contributed by atoms with Crippen LogP contribution in [-0.2, 0) is 18.0 Å². The highest BCUT2D eigenvalue weighted by atomic mass is 79.9. The van der Waals surface area contributed by atoms with Crippen molar-refractivity contribution in [1.29, 1.82) is 0 Å². The van der Waals surface area contributed by atoms with Crippen LogP contribution in [0.1, 0.15) is 21.7 Å². The zero-order valence-corrected chi connectivity index (χ0v) is 18.8. The first-order valence-electron chi connectivity index (χ1n) is 10.0. The number of carbonyl (C=O) groups excluding carboxylic acids is 1. The average molecular weight is 517 g/mol. The van der Waals surface area contributed by atoms with Crippen molar-refractivity contribution in [3.8, 4) is 17.2 Å². The predicted molar refractivity (Wildman–Crippen MR) is 122 cm³/mol. The van der Waals surface area contributed by atoms with Gasteiger partial charge in [-0.2, -0.15) is 8.78 Å². The van der Waals surface area contributed by atoms with E-state index in [2.05, 4.69) is 20.7 Å². The molecular weight excluding hydrogens is 498 g/mol. The predicted octanol–water partition coefficient (Wildman–Crippen LogP) is 6.83. The number of fused-ring (bicyclic) bond motifs is 1. The molecule has 170 valence electrons. The van der Waals surface area contributed by atoms with E-state index in [0.717, 1.165) is 11.1 Å². The molecular formula is C25H19BrF2O5. The van der Waals surface area contributed by atoms with Crippen molar-refractivity contribution >= 4 is 33.2 Å². The third kappa shape index (κ3) is 5.90. The molecule has 0 aliphatic carbocycles. The van der Waals surface area contributed by atoms with Crippen molar-refractivity contribution in [3.63, 3.8) is 0 Å². The maximum atomic E-state index is 12.8. The smallest absolute Gasteiger partial charge is 0.387 e. The number of rotatable bonds is 10. The lowest BCUT2D eigenvalue weighted by atomic mass is 10.2. The highest BCUT2D eigenvalue weighted by Crippen LogP contribution is 2.37. The lowest BCUT2D eigenvalue weighted by Crippen LogP contribution is -2.03. The largest absolute Gasteiger partial charge is 0.489 e. The van der Waals surface area contributed by atoms with Crippen LogP contribution in [-0.4, -0.2) is 12.9 Å². The Kier molecular flexibility index (Phi) is 7.24. The molecule has 1 atom stereocenters. The highest BCUT2D eigenvalue weighted by molar-refractivity contribution is 9.09. The van der Waals surface area contributed by atoms with Crippen molar-refractivity contribution in [2.24, 2.45) is 0 Å². The summed E-state index contributed by atoms with van der Waals surface area (Å²) >= 11 is 3.19. The molecule has 0 aliphatic heterocycles. The number of benzene rings is 3. The lowest BCUT2D eigenvalue weighted by molar-refractivity contribution is -0.107. The summed E-state index contributed by atoms with van der Waals surface area (Å²) in [6.45, 7) is -2.41. The van der Waals surface area contributed by atoms with Crippen LogP contribution in [0.3, 0.4) is 0 Å². The zero-order valence-electron chi connectivity index (χ0n) is 17.2. The number of alkyl halides is 3. The SMILES string of the molecule is O=CC(Br)c1cc2c(OCc3cccc(OCc4ccccc4)c3)cc(OC(F)F)cc2o1. The van der Waals surface area contributed by atoms with Gasteiger partial charge in [0.25, 0.3) is 0 Å². The molecule has 0 fully saturated rings. The second-order valence-corrected chi connectivity index (χ2v) is 8.10. The van der Waals surface area contributed by atoms with Crippen molar-refractivity contribution in [2.45, 2.75) is 24.7 Å². The number of ether oxygens (including phenoxy) is 3. The van der Waals surface area contributed by atoms with Crippen LogP contribution in [0.4, 0.5) is 8.78 Å². The maximum Gasteiger partial charge on any atom is 0.387 e. The molecule has 0 saturated heterocycles. The van der Waals surface area contributed by atoms with Gasteiger partial charge in [0.1, 0.15) is 52.9 Å². The third-order valence-electron chi connectivity index (χ3n) is 4.75. The van der Waals surface area contributed by atoms with E-state index in [1.165, 1.54) is 12.1 Å². The fraction of sp³-hybridized carbons (Fsp3) is 0.160. The molecule has 0 radical (unpaired) electrons.